The van der Waals surface area contributed by atoms with Gasteiger partial charge in [0.05, 0.1) is 6.54 Å². The van der Waals surface area contributed by atoms with Crippen LogP contribution in [0.1, 0.15) is 5.82 Å². The van der Waals surface area contributed by atoms with Gasteiger partial charge in [-0.3, -0.25) is 4.57 Å². The lowest BCUT2D eigenvalue weighted by atomic mass is 10.3. The Morgan fingerprint density at radius 2 is 1.80 bits per heavy atom. The third kappa shape index (κ3) is 1.95. The highest BCUT2D eigenvalue weighted by molar-refractivity contribution is 5.31. The van der Waals surface area contributed by atoms with Crippen molar-refractivity contribution in [1.29, 1.82) is 0 Å². The summed E-state index contributed by atoms with van der Waals surface area (Å²) in [5, 5.41) is 8.24. The van der Waals surface area contributed by atoms with E-state index in [1.165, 1.54) is 0 Å². The van der Waals surface area contributed by atoms with Crippen molar-refractivity contribution in [2.45, 2.75) is 6.54 Å². The molecule has 6 nitrogen and oxygen atoms in total. The monoisotopic (exact) mass is 210 g/mol. The molecule has 1 aromatic heterocycles. The van der Waals surface area contributed by atoms with Gasteiger partial charge in [-0.05, 0) is 7.05 Å². The Labute approximate surface area is 89.7 Å². The Morgan fingerprint density at radius 3 is 2.33 bits per heavy atom. The first-order valence-corrected chi connectivity index (χ1v) is 5.24. The Kier molecular flexibility index (Phi) is 2.88. The fourth-order valence-corrected chi connectivity index (χ4v) is 1.81. The first-order valence-electron chi connectivity index (χ1n) is 5.24. The SMILES string of the molecule is CN1CCN(c2nnc(CN)n2C)CC1. The summed E-state index contributed by atoms with van der Waals surface area (Å²) in [6.07, 6.45) is 0. The highest BCUT2D eigenvalue weighted by atomic mass is 15.4. The number of rotatable bonds is 2. The Hall–Kier alpha value is -1.14. The number of nitrogens with zero attached hydrogens (tertiary/aromatic N) is 5. The lowest BCUT2D eigenvalue weighted by Crippen LogP contribution is -2.45. The number of piperazine rings is 1. The van der Waals surface area contributed by atoms with Crippen LogP contribution in [-0.4, -0.2) is 52.9 Å². The van der Waals surface area contributed by atoms with Gasteiger partial charge in [0.15, 0.2) is 0 Å². The molecule has 0 amide bonds. The molecule has 0 aromatic carbocycles. The summed E-state index contributed by atoms with van der Waals surface area (Å²) in [5.41, 5.74) is 5.57. The standard InChI is InChI=1S/C9H18N6/c1-13-3-5-15(6-4-13)9-12-11-8(7-10)14(9)2/h3-7,10H2,1-2H3. The molecule has 1 aromatic rings. The molecular weight excluding hydrogens is 192 g/mol. The van der Waals surface area contributed by atoms with Gasteiger partial charge in [0, 0.05) is 33.2 Å². The highest BCUT2D eigenvalue weighted by Gasteiger charge is 2.19. The summed E-state index contributed by atoms with van der Waals surface area (Å²) in [5.74, 6) is 1.77. The average molecular weight is 210 g/mol. The zero-order chi connectivity index (χ0) is 10.8. The van der Waals surface area contributed by atoms with Gasteiger partial charge in [-0.25, -0.2) is 0 Å². The Morgan fingerprint density at radius 1 is 1.13 bits per heavy atom. The van der Waals surface area contributed by atoms with Gasteiger partial charge in [0.2, 0.25) is 5.95 Å². The second-order valence-corrected chi connectivity index (χ2v) is 3.97. The van der Waals surface area contributed by atoms with Gasteiger partial charge in [-0.1, -0.05) is 0 Å². The molecule has 1 aliphatic heterocycles. The van der Waals surface area contributed by atoms with Gasteiger partial charge in [0.1, 0.15) is 5.82 Å². The van der Waals surface area contributed by atoms with E-state index in [0.717, 1.165) is 38.0 Å². The van der Waals surface area contributed by atoms with E-state index in [-0.39, 0.29) is 0 Å². The third-order valence-electron chi connectivity index (χ3n) is 2.91. The van der Waals surface area contributed by atoms with E-state index in [0.29, 0.717) is 6.54 Å². The number of hydrogen-bond donors (Lipinski definition) is 1. The third-order valence-corrected chi connectivity index (χ3v) is 2.91. The highest BCUT2D eigenvalue weighted by Crippen LogP contribution is 2.13. The molecular formula is C9H18N6. The van der Waals surface area contributed by atoms with Gasteiger partial charge in [0.25, 0.3) is 0 Å². The molecule has 84 valence electrons. The van der Waals surface area contributed by atoms with Crippen molar-refractivity contribution in [3.63, 3.8) is 0 Å². The van der Waals surface area contributed by atoms with Crippen molar-refractivity contribution >= 4 is 5.95 Å². The molecule has 1 aliphatic rings. The van der Waals surface area contributed by atoms with E-state index in [2.05, 4.69) is 27.0 Å². The first-order chi connectivity index (χ1) is 7.22. The normalized spacial score (nSPS) is 18.5. The second-order valence-electron chi connectivity index (χ2n) is 3.97. The summed E-state index contributed by atoms with van der Waals surface area (Å²) < 4.78 is 1.98. The van der Waals surface area contributed by atoms with Crippen molar-refractivity contribution in [3.8, 4) is 0 Å². The van der Waals surface area contributed by atoms with Crippen LogP contribution >= 0.6 is 0 Å². The van der Waals surface area contributed by atoms with E-state index in [1.807, 2.05) is 11.6 Å². The van der Waals surface area contributed by atoms with E-state index < -0.39 is 0 Å². The number of likely N-dealkylation sites (N-methyl/N-ethyl adjacent to an activating group) is 1. The van der Waals surface area contributed by atoms with Crippen LogP contribution in [0.25, 0.3) is 0 Å². The number of nitrogens with two attached hydrogens (primary N) is 1. The van der Waals surface area contributed by atoms with Crippen LogP contribution in [0.2, 0.25) is 0 Å². The summed E-state index contributed by atoms with van der Waals surface area (Å²) in [6.45, 7) is 4.60. The lowest BCUT2D eigenvalue weighted by molar-refractivity contribution is 0.310. The molecule has 0 spiro atoms. The van der Waals surface area contributed by atoms with Crippen molar-refractivity contribution in [3.05, 3.63) is 5.82 Å². The molecule has 2 rings (SSSR count). The predicted octanol–water partition coefficient (Wildman–Crippen LogP) is -0.974. The quantitative estimate of drug-likeness (QED) is 0.680. The minimum atomic E-state index is 0.442. The molecule has 0 radical (unpaired) electrons. The van der Waals surface area contributed by atoms with E-state index in [9.17, 15) is 0 Å². The van der Waals surface area contributed by atoms with Crippen LogP contribution in [0, 0.1) is 0 Å². The van der Waals surface area contributed by atoms with Gasteiger partial charge in [-0.15, -0.1) is 10.2 Å². The first kappa shape index (κ1) is 10.4. The second kappa shape index (κ2) is 4.16. The molecule has 0 bridgehead atoms. The maximum Gasteiger partial charge on any atom is 0.227 e. The molecule has 2 N–H and O–H groups in total. The zero-order valence-corrected chi connectivity index (χ0v) is 9.35. The van der Waals surface area contributed by atoms with Crippen molar-refractivity contribution in [1.82, 2.24) is 19.7 Å². The fourth-order valence-electron chi connectivity index (χ4n) is 1.81. The molecule has 0 atom stereocenters. The summed E-state index contributed by atoms with van der Waals surface area (Å²) in [4.78, 5) is 4.57. The van der Waals surface area contributed by atoms with Gasteiger partial charge < -0.3 is 15.5 Å². The molecule has 1 fully saturated rings. The van der Waals surface area contributed by atoms with Crippen molar-refractivity contribution in [2.75, 3.05) is 38.1 Å². The van der Waals surface area contributed by atoms with E-state index in [4.69, 9.17) is 5.73 Å². The summed E-state index contributed by atoms with van der Waals surface area (Å²) in [7, 11) is 4.11. The molecule has 0 unspecified atom stereocenters. The smallest absolute Gasteiger partial charge is 0.227 e. The van der Waals surface area contributed by atoms with Gasteiger partial charge >= 0.3 is 0 Å². The summed E-state index contributed by atoms with van der Waals surface area (Å²) in [6, 6.07) is 0. The van der Waals surface area contributed by atoms with Crippen LogP contribution in [-0.2, 0) is 13.6 Å². The fraction of sp³-hybridized carbons (Fsp3) is 0.778. The Balaban J connectivity index is 2.12. The molecule has 15 heavy (non-hydrogen) atoms. The minimum Gasteiger partial charge on any atom is -0.338 e. The van der Waals surface area contributed by atoms with Crippen LogP contribution < -0.4 is 10.6 Å². The van der Waals surface area contributed by atoms with Gasteiger partial charge in [-0.2, -0.15) is 0 Å². The molecule has 2 heterocycles. The predicted molar refractivity (Wildman–Crippen MR) is 58.6 cm³/mol. The molecule has 6 heteroatoms. The van der Waals surface area contributed by atoms with Crippen LogP contribution in [0.3, 0.4) is 0 Å². The lowest BCUT2D eigenvalue weighted by Gasteiger charge is -2.32. The largest absolute Gasteiger partial charge is 0.338 e. The zero-order valence-electron chi connectivity index (χ0n) is 9.35. The summed E-state index contributed by atoms with van der Waals surface area (Å²) >= 11 is 0. The van der Waals surface area contributed by atoms with E-state index in [1.54, 1.807) is 0 Å². The number of anilines is 1. The average Bonchev–Trinajstić information content (AvgIpc) is 2.61. The molecule has 0 aliphatic carbocycles. The van der Waals surface area contributed by atoms with Crippen LogP contribution in [0.15, 0.2) is 0 Å². The molecule has 0 saturated carbocycles. The number of hydrogen-bond acceptors (Lipinski definition) is 5. The van der Waals surface area contributed by atoms with Crippen LogP contribution in [0.4, 0.5) is 5.95 Å². The van der Waals surface area contributed by atoms with Crippen molar-refractivity contribution in [2.24, 2.45) is 12.8 Å². The number of aromatic nitrogens is 3. The maximum absolute atomic E-state index is 5.57. The maximum atomic E-state index is 5.57. The Bertz CT molecular complexity index is 325. The van der Waals surface area contributed by atoms with Crippen LogP contribution in [0.5, 0.6) is 0 Å². The minimum absolute atomic E-state index is 0.442. The van der Waals surface area contributed by atoms with E-state index >= 15 is 0 Å². The molecule has 1 saturated heterocycles. The topological polar surface area (TPSA) is 63.2 Å². The van der Waals surface area contributed by atoms with Crippen molar-refractivity contribution < 1.29 is 0 Å².